The quantitative estimate of drug-likeness (QED) is 0.909. The average Bonchev–Trinajstić information content (AvgIpc) is 2.55. The minimum absolute atomic E-state index is 0.277. The number of nitrogens with zero attached hydrogens (tertiary/aromatic N) is 2. The van der Waals surface area contributed by atoms with E-state index in [1.807, 2.05) is 16.8 Å². The van der Waals surface area contributed by atoms with Crippen LogP contribution in [0.2, 0.25) is 0 Å². The Labute approximate surface area is 97.4 Å². The molecule has 0 bridgehead atoms. The maximum Gasteiger partial charge on any atom is 0.0817 e. The number of pyridine rings is 1. The lowest BCUT2D eigenvalue weighted by Crippen LogP contribution is -2.09. The van der Waals surface area contributed by atoms with Gasteiger partial charge in [0, 0.05) is 18.7 Å². The maximum absolute atomic E-state index is 5.65. The zero-order chi connectivity index (χ0) is 11.0. The molecule has 2 rings (SSSR count). The summed E-state index contributed by atoms with van der Waals surface area (Å²) < 4.78 is 2.95. The molecule has 4 heteroatoms. The summed E-state index contributed by atoms with van der Waals surface area (Å²) in [5.41, 5.74) is 9.02. The van der Waals surface area contributed by atoms with Crippen LogP contribution in [-0.4, -0.2) is 16.2 Å². The second-order valence-electron chi connectivity index (χ2n) is 3.87. The van der Waals surface area contributed by atoms with Gasteiger partial charge in [0.2, 0.25) is 0 Å². The molecule has 1 atom stereocenters. The van der Waals surface area contributed by atoms with Gasteiger partial charge in [0.1, 0.15) is 0 Å². The molecule has 0 aromatic carbocycles. The average molecular weight is 268 g/mol. The molecule has 0 amide bonds. The first-order valence-corrected chi connectivity index (χ1v) is 5.77. The van der Waals surface area contributed by atoms with Crippen LogP contribution in [0.1, 0.15) is 24.1 Å². The highest BCUT2D eigenvalue weighted by atomic mass is 79.9. The van der Waals surface area contributed by atoms with Crippen LogP contribution in [0, 0.1) is 6.92 Å². The van der Waals surface area contributed by atoms with Crippen LogP contribution in [0.4, 0.5) is 0 Å². The summed E-state index contributed by atoms with van der Waals surface area (Å²) in [6.07, 6.45) is 1.97. The molecular weight excluding hydrogens is 254 g/mol. The molecule has 0 aliphatic carbocycles. The van der Waals surface area contributed by atoms with E-state index in [9.17, 15) is 0 Å². The van der Waals surface area contributed by atoms with Crippen molar-refractivity contribution in [1.82, 2.24) is 9.61 Å². The van der Waals surface area contributed by atoms with E-state index in [1.54, 1.807) is 0 Å². The topological polar surface area (TPSA) is 43.3 Å². The molecule has 80 valence electrons. The van der Waals surface area contributed by atoms with Crippen molar-refractivity contribution in [2.45, 2.75) is 19.8 Å². The van der Waals surface area contributed by atoms with Crippen LogP contribution in [-0.2, 0) is 0 Å². The zero-order valence-corrected chi connectivity index (χ0v) is 10.5. The van der Waals surface area contributed by atoms with E-state index in [4.69, 9.17) is 5.73 Å². The Morgan fingerprint density at radius 3 is 3.00 bits per heavy atom. The van der Waals surface area contributed by atoms with Gasteiger partial charge in [0.05, 0.1) is 15.7 Å². The van der Waals surface area contributed by atoms with Crippen molar-refractivity contribution in [3.63, 3.8) is 0 Å². The molecule has 0 aliphatic rings. The van der Waals surface area contributed by atoms with Crippen LogP contribution in [0.25, 0.3) is 5.52 Å². The van der Waals surface area contributed by atoms with Crippen LogP contribution < -0.4 is 5.73 Å². The number of rotatable bonds is 2. The highest BCUT2D eigenvalue weighted by Gasteiger charge is 2.14. The summed E-state index contributed by atoms with van der Waals surface area (Å²) in [5, 5.41) is 4.51. The van der Waals surface area contributed by atoms with Gasteiger partial charge in [0.25, 0.3) is 0 Å². The Bertz CT molecular complexity index is 490. The molecular formula is C11H14BrN3. The molecule has 0 fully saturated rings. The monoisotopic (exact) mass is 267 g/mol. The first-order valence-electron chi connectivity index (χ1n) is 4.98. The highest BCUT2D eigenvalue weighted by molar-refractivity contribution is 9.10. The maximum atomic E-state index is 5.65. The molecule has 0 aliphatic heterocycles. The van der Waals surface area contributed by atoms with Crippen LogP contribution in [0.15, 0.2) is 22.8 Å². The first kappa shape index (κ1) is 10.6. The molecule has 0 saturated heterocycles. The van der Waals surface area contributed by atoms with Crippen LogP contribution in [0.5, 0.6) is 0 Å². The number of aryl methyl sites for hydroxylation is 1. The fourth-order valence-corrected chi connectivity index (χ4v) is 2.33. The predicted octanol–water partition coefficient (Wildman–Crippen LogP) is 2.47. The van der Waals surface area contributed by atoms with Crippen molar-refractivity contribution in [3.05, 3.63) is 34.1 Å². The molecule has 0 spiro atoms. The molecule has 3 nitrogen and oxygen atoms in total. The third-order valence-electron chi connectivity index (χ3n) is 2.58. The lowest BCUT2D eigenvalue weighted by Gasteiger charge is -2.03. The first-order chi connectivity index (χ1) is 7.13. The lowest BCUT2D eigenvalue weighted by molar-refractivity contribution is 0.725. The predicted molar refractivity (Wildman–Crippen MR) is 65.1 cm³/mol. The van der Waals surface area contributed by atoms with Crippen molar-refractivity contribution < 1.29 is 0 Å². The van der Waals surface area contributed by atoms with Crippen LogP contribution >= 0.6 is 15.9 Å². The van der Waals surface area contributed by atoms with Gasteiger partial charge in [-0.3, -0.25) is 0 Å². The summed E-state index contributed by atoms with van der Waals surface area (Å²) in [4.78, 5) is 0. The standard InChI is InChI=1S/C11H14BrN3/c1-7-3-4-15-9(5-7)10(12)11(14-15)8(2)6-13/h3-5,8H,6,13H2,1-2H3. The minimum Gasteiger partial charge on any atom is -0.330 e. The number of hydrogen-bond acceptors (Lipinski definition) is 2. The Morgan fingerprint density at radius 2 is 2.33 bits per heavy atom. The molecule has 2 N–H and O–H groups in total. The number of halogens is 1. The fourth-order valence-electron chi connectivity index (χ4n) is 1.57. The summed E-state index contributed by atoms with van der Waals surface area (Å²) in [5.74, 6) is 0.277. The van der Waals surface area contributed by atoms with Gasteiger partial charge in [-0.25, -0.2) is 4.52 Å². The SMILES string of the molecule is Cc1ccn2nc(C(C)CN)c(Br)c2c1. The van der Waals surface area contributed by atoms with Gasteiger partial charge in [-0.1, -0.05) is 6.92 Å². The van der Waals surface area contributed by atoms with E-state index in [0.29, 0.717) is 6.54 Å². The lowest BCUT2D eigenvalue weighted by atomic mass is 10.1. The zero-order valence-electron chi connectivity index (χ0n) is 8.87. The molecule has 2 aromatic rings. The Morgan fingerprint density at radius 1 is 1.60 bits per heavy atom. The van der Waals surface area contributed by atoms with Crippen LogP contribution in [0.3, 0.4) is 0 Å². The van der Waals surface area contributed by atoms with Gasteiger partial charge in [0.15, 0.2) is 0 Å². The van der Waals surface area contributed by atoms with E-state index >= 15 is 0 Å². The third-order valence-corrected chi connectivity index (χ3v) is 3.39. The number of aromatic nitrogens is 2. The number of hydrogen-bond donors (Lipinski definition) is 1. The van der Waals surface area contributed by atoms with Crippen molar-refractivity contribution in [2.24, 2.45) is 5.73 Å². The van der Waals surface area contributed by atoms with Crippen molar-refractivity contribution in [1.29, 1.82) is 0 Å². The summed E-state index contributed by atoms with van der Waals surface area (Å²) in [6.45, 7) is 4.77. The van der Waals surface area contributed by atoms with E-state index in [1.165, 1.54) is 5.56 Å². The van der Waals surface area contributed by atoms with E-state index in [2.05, 4.69) is 40.9 Å². The Kier molecular flexibility index (Phi) is 2.80. The minimum atomic E-state index is 0.277. The second-order valence-corrected chi connectivity index (χ2v) is 4.66. The third kappa shape index (κ3) is 1.79. The van der Waals surface area contributed by atoms with Gasteiger partial charge >= 0.3 is 0 Å². The van der Waals surface area contributed by atoms with Crippen molar-refractivity contribution in [2.75, 3.05) is 6.54 Å². The summed E-state index contributed by atoms with van der Waals surface area (Å²) in [6, 6.07) is 4.16. The molecule has 0 radical (unpaired) electrons. The Hall–Kier alpha value is -0.870. The Balaban J connectivity index is 2.64. The van der Waals surface area contributed by atoms with Crippen molar-refractivity contribution >= 4 is 21.4 Å². The van der Waals surface area contributed by atoms with Gasteiger partial charge in [-0.15, -0.1) is 0 Å². The second kappa shape index (κ2) is 3.94. The van der Waals surface area contributed by atoms with E-state index in [0.717, 1.165) is 15.7 Å². The van der Waals surface area contributed by atoms with E-state index in [-0.39, 0.29) is 5.92 Å². The summed E-state index contributed by atoms with van der Waals surface area (Å²) >= 11 is 3.59. The van der Waals surface area contributed by atoms with Gasteiger partial charge < -0.3 is 5.73 Å². The number of nitrogens with two attached hydrogens (primary N) is 1. The normalized spacial score (nSPS) is 13.3. The molecule has 15 heavy (non-hydrogen) atoms. The molecule has 2 heterocycles. The number of fused-ring (bicyclic) bond motifs is 1. The largest absolute Gasteiger partial charge is 0.330 e. The van der Waals surface area contributed by atoms with Gasteiger partial charge in [-0.2, -0.15) is 5.10 Å². The van der Waals surface area contributed by atoms with E-state index < -0.39 is 0 Å². The van der Waals surface area contributed by atoms with Crippen molar-refractivity contribution in [3.8, 4) is 0 Å². The fraction of sp³-hybridized carbons (Fsp3) is 0.364. The van der Waals surface area contributed by atoms with Gasteiger partial charge in [-0.05, 0) is 40.5 Å². The highest BCUT2D eigenvalue weighted by Crippen LogP contribution is 2.28. The molecule has 2 aromatic heterocycles. The summed E-state index contributed by atoms with van der Waals surface area (Å²) in [7, 11) is 0. The smallest absolute Gasteiger partial charge is 0.0817 e. The molecule has 1 unspecified atom stereocenters. The molecule has 0 saturated carbocycles.